The number of hydrogen-bond acceptors (Lipinski definition) is 7. The number of hydrogen-bond donors (Lipinski definition) is 3. The topological polar surface area (TPSA) is 139 Å². The molecule has 3 aliphatic carbocycles. The van der Waals surface area contributed by atoms with Gasteiger partial charge in [-0.05, 0) is 61.7 Å². The third-order valence-electron chi connectivity index (χ3n) is 9.53. The molecule has 2 amide bonds. The largest absolute Gasteiger partial charge is 0.338 e. The molecule has 224 valence electrons. The molecule has 0 spiro atoms. The summed E-state index contributed by atoms with van der Waals surface area (Å²) in [6, 6.07) is 2.39. The third kappa shape index (κ3) is 5.96. The van der Waals surface area contributed by atoms with Crippen molar-refractivity contribution in [3.8, 4) is 11.1 Å². The molecule has 6 rings (SSSR count). The van der Waals surface area contributed by atoms with Crippen LogP contribution in [0.4, 0.5) is 10.2 Å². The molecule has 0 aromatic carbocycles. The Balaban J connectivity index is 1.30. The van der Waals surface area contributed by atoms with Crippen LogP contribution in [-0.4, -0.2) is 43.4 Å². The van der Waals surface area contributed by atoms with Gasteiger partial charge in [0.05, 0.1) is 5.69 Å². The maximum atomic E-state index is 15.3. The zero-order valence-corrected chi connectivity index (χ0v) is 24.4. The average molecular weight is 578 g/mol. The molecule has 0 saturated heterocycles. The van der Waals surface area contributed by atoms with Gasteiger partial charge in [-0.1, -0.05) is 69.4 Å². The van der Waals surface area contributed by atoms with Gasteiger partial charge in [0.2, 0.25) is 11.9 Å². The van der Waals surface area contributed by atoms with Crippen molar-refractivity contribution in [2.45, 2.75) is 103 Å². The predicted molar refractivity (Wildman–Crippen MR) is 154 cm³/mol. The summed E-state index contributed by atoms with van der Waals surface area (Å²) in [6.07, 6.45) is 12.9. The van der Waals surface area contributed by atoms with E-state index in [1.54, 1.807) is 19.1 Å². The van der Waals surface area contributed by atoms with Crippen LogP contribution in [0.25, 0.3) is 11.1 Å². The fraction of sp³-hybridized carbons (Fsp3) is 0.613. The van der Waals surface area contributed by atoms with E-state index < -0.39 is 17.9 Å². The second kappa shape index (κ2) is 12.3. The predicted octanol–water partition coefficient (Wildman–Crippen LogP) is 6.00. The van der Waals surface area contributed by atoms with E-state index in [1.165, 1.54) is 12.8 Å². The van der Waals surface area contributed by atoms with Crippen molar-refractivity contribution in [2.75, 3.05) is 5.32 Å². The van der Waals surface area contributed by atoms with Gasteiger partial charge in [0, 0.05) is 22.7 Å². The van der Waals surface area contributed by atoms with Crippen molar-refractivity contribution >= 4 is 17.6 Å². The minimum absolute atomic E-state index is 0.0425. The van der Waals surface area contributed by atoms with E-state index in [1.807, 2.05) is 6.92 Å². The number of rotatable bonds is 9. The summed E-state index contributed by atoms with van der Waals surface area (Å²) in [6.45, 7) is 3.63. The number of amides is 2. The standard InChI is InChI=1S/C31H40FN7O3/c1-17-24(18(2)37-36-17)22-15-16-23(33-29(22)32)34-30(40)27(35-31(41)28-26(21-13-14-21)38-42-39-28)25(19-9-5-3-6-10-19)20-11-7-4-8-12-20/h15-16,19-21,25,27H,3-14H2,1-2H3,(H,35,41)(H,36,37)(H,33,34,40). The monoisotopic (exact) mass is 577 g/mol. The highest BCUT2D eigenvalue weighted by Crippen LogP contribution is 2.43. The highest BCUT2D eigenvalue weighted by molar-refractivity contribution is 6.00. The van der Waals surface area contributed by atoms with Crippen molar-refractivity contribution in [1.29, 1.82) is 0 Å². The molecule has 3 aromatic rings. The molecule has 3 heterocycles. The summed E-state index contributed by atoms with van der Waals surface area (Å²) in [5.74, 6) is -0.665. The van der Waals surface area contributed by atoms with Crippen LogP contribution in [0, 0.1) is 37.5 Å². The van der Waals surface area contributed by atoms with Crippen LogP contribution < -0.4 is 10.6 Å². The fourth-order valence-electron chi connectivity index (χ4n) is 7.33. The number of nitrogens with zero attached hydrogens (tertiary/aromatic N) is 4. The van der Waals surface area contributed by atoms with Gasteiger partial charge in [-0.15, -0.1) is 0 Å². The highest BCUT2D eigenvalue weighted by atomic mass is 19.1. The quantitative estimate of drug-likeness (QED) is 0.265. The molecule has 42 heavy (non-hydrogen) atoms. The van der Waals surface area contributed by atoms with E-state index >= 15 is 4.39 Å². The Labute approximate surface area is 245 Å². The minimum Gasteiger partial charge on any atom is -0.338 e. The first-order valence-electron chi connectivity index (χ1n) is 15.5. The van der Waals surface area contributed by atoms with Crippen molar-refractivity contribution in [3.05, 3.63) is 40.9 Å². The fourth-order valence-corrected chi connectivity index (χ4v) is 7.33. The lowest BCUT2D eigenvalue weighted by molar-refractivity contribution is -0.121. The van der Waals surface area contributed by atoms with Crippen molar-refractivity contribution in [1.82, 2.24) is 30.8 Å². The van der Waals surface area contributed by atoms with E-state index in [9.17, 15) is 9.59 Å². The Hall–Kier alpha value is -3.63. The molecule has 3 aromatic heterocycles. The molecule has 0 bridgehead atoms. The molecule has 1 unspecified atom stereocenters. The van der Waals surface area contributed by atoms with Gasteiger partial charge in [-0.2, -0.15) is 9.49 Å². The number of pyridine rings is 1. The molecule has 3 saturated carbocycles. The van der Waals surface area contributed by atoms with Gasteiger partial charge < -0.3 is 10.6 Å². The second-order valence-electron chi connectivity index (χ2n) is 12.4. The van der Waals surface area contributed by atoms with E-state index in [0.717, 1.165) is 69.9 Å². The third-order valence-corrected chi connectivity index (χ3v) is 9.53. The Morgan fingerprint density at radius 2 is 1.62 bits per heavy atom. The minimum atomic E-state index is -0.824. The first-order valence-corrected chi connectivity index (χ1v) is 15.5. The summed E-state index contributed by atoms with van der Waals surface area (Å²) in [4.78, 5) is 31.9. The Morgan fingerprint density at radius 3 is 2.19 bits per heavy atom. The van der Waals surface area contributed by atoms with Crippen LogP contribution in [0.2, 0.25) is 0 Å². The zero-order chi connectivity index (χ0) is 29.2. The molecule has 11 heteroatoms. The van der Waals surface area contributed by atoms with E-state index in [4.69, 9.17) is 4.63 Å². The summed E-state index contributed by atoms with van der Waals surface area (Å²) >= 11 is 0. The van der Waals surface area contributed by atoms with Crippen LogP contribution in [0.15, 0.2) is 16.8 Å². The number of carbonyl (C=O) groups is 2. The smallest absolute Gasteiger partial charge is 0.276 e. The number of carbonyl (C=O) groups excluding carboxylic acids is 2. The lowest BCUT2D eigenvalue weighted by Gasteiger charge is -2.41. The van der Waals surface area contributed by atoms with Crippen molar-refractivity contribution in [2.24, 2.45) is 17.8 Å². The first kappa shape index (κ1) is 28.5. The van der Waals surface area contributed by atoms with Crippen LogP contribution in [0.5, 0.6) is 0 Å². The molecule has 0 radical (unpaired) electrons. The van der Waals surface area contributed by atoms with Gasteiger partial charge in [-0.3, -0.25) is 14.7 Å². The summed E-state index contributed by atoms with van der Waals surface area (Å²) in [7, 11) is 0. The Morgan fingerprint density at radius 1 is 0.952 bits per heavy atom. The van der Waals surface area contributed by atoms with Gasteiger partial charge in [-0.25, -0.2) is 9.61 Å². The van der Waals surface area contributed by atoms with Crippen molar-refractivity contribution in [3.63, 3.8) is 0 Å². The number of H-pyrrole nitrogens is 1. The molecule has 3 fully saturated rings. The Bertz CT molecular complexity index is 1380. The molecule has 1 atom stereocenters. The summed E-state index contributed by atoms with van der Waals surface area (Å²) in [5.41, 5.74) is 3.09. The molecular formula is C31H40FN7O3. The normalized spacial score (nSPS) is 19.1. The number of aromatic amines is 1. The molecule has 3 aliphatic rings. The lowest BCUT2D eigenvalue weighted by Crippen LogP contribution is -2.53. The number of anilines is 1. The van der Waals surface area contributed by atoms with Gasteiger partial charge in [0.25, 0.3) is 5.91 Å². The van der Waals surface area contributed by atoms with E-state index in [2.05, 4.69) is 36.1 Å². The van der Waals surface area contributed by atoms with Crippen LogP contribution >= 0.6 is 0 Å². The van der Waals surface area contributed by atoms with Crippen LogP contribution in [0.1, 0.15) is 111 Å². The zero-order valence-electron chi connectivity index (χ0n) is 24.4. The van der Waals surface area contributed by atoms with Crippen LogP contribution in [-0.2, 0) is 4.79 Å². The van der Waals surface area contributed by atoms with Gasteiger partial charge in [0.15, 0.2) is 5.69 Å². The van der Waals surface area contributed by atoms with E-state index in [0.29, 0.717) is 34.4 Å². The maximum absolute atomic E-state index is 15.3. The number of halogens is 1. The first-order chi connectivity index (χ1) is 20.4. The number of nitrogens with one attached hydrogen (secondary N) is 3. The maximum Gasteiger partial charge on any atom is 0.276 e. The SMILES string of the molecule is Cc1n[nH]c(C)c1-c1ccc(NC(=O)C(NC(=O)c2nonc2C2CC2)C(C2CCCCC2)C2CCCCC2)nc1F. The lowest BCUT2D eigenvalue weighted by atomic mass is 9.66. The Kier molecular flexibility index (Phi) is 8.35. The molecular weight excluding hydrogens is 537 g/mol. The number of aryl methyl sites for hydroxylation is 2. The second-order valence-corrected chi connectivity index (χ2v) is 12.4. The van der Waals surface area contributed by atoms with Crippen LogP contribution in [0.3, 0.4) is 0 Å². The van der Waals surface area contributed by atoms with Gasteiger partial charge >= 0.3 is 0 Å². The summed E-state index contributed by atoms with van der Waals surface area (Å²) < 4.78 is 20.2. The molecule has 10 nitrogen and oxygen atoms in total. The van der Waals surface area contributed by atoms with Crippen molar-refractivity contribution < 1.29 is 18.6 Å². The highest BCUT2D eigenvalue weighted by Gasteiger charge is 2.42. The average Bonchev–Trinajstić information content (AvgIpc) is 3.63. The molecule has 3 N–H and O–H groups in total. The van der Waals surface area contributed by atoms with E-state index in [-0.39, 0.29) is 29.3 Å². The summed E-state index contributed by atoms with van der Waals surface area (Å²) in [5, 5.41) is 20.9. The molecule has 0 aliphatic heterocycles. The number of aromatic nitrogens is 5. The van der Waals surface area contributed by atoms with Gasteiger partial charge in [0.1, 0.15) is 17.6 Å².